The van der Waals surface area contributed by atoms with Gasteiger partial charge in [0, 0.05) is 0 Å². The maximum Gasteiger partial charge on any atom is 0.0649 e. The summed E-state index contributed by atoms with van der Waals surface area (Å²) in [6, 6.07) is 8.45. The van der Waals surface area contributed by atoms with Crippen LogP contribution in [0.15, 0.2) is 30.5 Å². The summed E-state index contributed by atoms with van der Waals surface area (Å²) in [5.41, 5.74) is 10.6. The number of hydrogen-bond acceptors (Lipinski definition) is 2. The first-order valence-corrected chi connectivity index (χ1v) is 6.47. The summed E-state index contributed by atoms with van der Waals surface area (Å²) in [6.45, 7) is 7.15. The second kappa shape index (κ2) is 5.36. The molecule has 0 radical (unpaired) electrons. The molecule has 3 nitrogen and oxygen atoms in total. The van der Waals surface area contributed by atoms with Crippen molar-refractivity contribution in [2.24, 2.45) is 5.73 Å². The van der Waals surface area contributed by atoms with Crippen molar-refractivity contribution in [1.82, 2.24) is 9.78 Å². The molecule has 0 fully saturated rings. The average molecular weight is 243 g/mol. The molecular formula is C15H21N3. The van der Waals surface area contributed by atoms with Gasteiger partial charge in [0.25, 0.3) is 0 Å². The van der Waals surface area contributed by atoms with Crippen LogP contribution in [0.25, 0.3) is 5.69 Å². The molecule has 3 heteroatoms. The Kier molecular flexibility index (Phi) is 3.82. The van der Waals surface area contributed by atoms with Crippen LogP contribution >= 0.6 is 0 Å². The summed E-state index contributed by atoms with van der Waals surface area (Å²) in [5, 5.41) is 4.52. The molecular weight excluding hydrogens is 222 g/mol. The minimum absolute atomic E-state index is 0.440. The number of aromatic nitrogens is 2. The molecule has 2 rings (SSSR count). The zero-order chi connectivity index (χ0) is 13.1. The lowest BCUT2D eigenvalue weighted by Crippen LogP contribution is -2.08. The molecule has 0 atom stereocenters. The summed E-state index contributed by atoms with van der Waals surface area (Å²) in [7, 11) is 0. The van der Waals surface area contributed by atoms with Crippen molar-refractivity contribution in [2.75, 3.05) is 6.54 Å². The van der Waals surface area contributed by atoms with E-state index in [4.69, 9.17) is 5.73 Å². The Labute approximate surface area is 109 Å². The molecule has 0 spiro atoms. The minimum atomic E-state index is 0.440. The Bertz CT molecular complexity index is 509. The Hall–Kier alpha value is -1.61. The van der Waals surface area contributed by atoms with Gasteiger partial charge in [0.05, 0.1) is 17.6 Å². The maximum absolute atomic E-state index is 5.66. The minimum Gasteiger partial charge on any atom is -0.330 e. The predicted molar refractivity (Wildman–Crippen MR) is 75.1 cm³/mol. The van der Waals surface area contributed by atoms with Crippen molar-refractivity contribution in [3.05, 3.63) is 47.3 Å². The third-order valence-corrected chi connectivity index (χ3v) is 3.13. The monoisotopic (exact) mass is 243 g/mol. The Morgan fingerprint density at radius 2 is 1.89 bits per heavy atom. The van der Waals surface area contributed by atoms with E-state index in [1.54, 1.807) is 0 Å². The van der Waals surface area contributed by atoms with E-state index in [1.165, 1.54) is 16.8 Å². The summed E-state index contributed by atoms with van der Waals surface area (Å²) in [6.07, 6.45) is 2.83. The van der Waals surface area contributed by atoms with E-state index < -0.39 is 0 Å². The fourth-order valence-corrected chi connectivity index (χ4v) is 2.25. The van der Waals surface area contributed by atoms with Gasteiger partial charge in [-0.2, -0.15) is 5.10 Å². The molecule has 18 heavy (non-hydrogen) atoms. The zero-order valence-corrected chi connectivity index (χ0v) is 11.4. The highest BCUT2D eigenvalue weighted by Gasteiger charge is 2.14. The standard InChI is InChI=1S/C15H21N3/c1-11(2)15-13(8-9-16)10-17-18(15)14-6-4-12(3)5-7-14/h4-7,10-11H,8-9,16H2,1-3H3. The SMILES string of the molecule is Cc1ccc(-n2ncc(CCN)c2C(C)C)cc1. The van der Waals surface area contributed by atoms with Crippen molar-refractivity contribution in [2.45, 2.75) is 33.1 Å². The van der Waals surface area contributed by atoms with Gasteiger partial charge >= 0.3 is 0 Å². The van der Waals surface area contributed by atoms with Crippen LogP contribution in [0.2, 0.25) is 0 Å². The molecule has 0 saturated heterocycles. The van der Waals surface area contributed by atoms with E-state index in [9.17, 15) is 0 Å². The molecule has 1 aromatic carbocycles. The third-order valence-electron chi connectivity index (χ3n) is 3.13. The van der Waals surface area contributed by atoms with Gasteiger partial charge in [-0.3, -0.25) is 0 Å². The summed E-state index contributed by atoms with van der Waals surface area (Å²) < 4.78 is 2.04. The molecule has 0 aliphatic heterocycles. The quantitative estimate of drug-likeness (QED) is 0.897. The molecule has 0 amide bonds. The Morgan fingerprint density at radius 1 is 1.22 bits per heavy atom. The van der Waals surface area contributed by atoms with Crippen molar-refractivity contribution >= 4 is 0 Å². The van der Waals surface area contributed by atoms with Gasteiger partial charge in [0.2, 0.25) is 0 Å². The lowest BCUT2D eigenvalue weighted by atomic mass is 10.0. The van der Waals surface area contributed by atoms with Gasteiger partial charge in [-0.1, -0.05) is 31.5 Å². The first-order chi connectivity index (χ1) is 8.63. The second-order valence-corrected chi connectivity index (χ2v) is 5.00. The fraction of sp³-hybridized carbons (Fsp3) is 0.400. The van der Waals surface area contributed by atoms with Crippen LogP contribution in [0.4, 0.5) is 0 Å². The number of hydrogen-bond donors (Lipinski definition) is 1. The number of benzene rings is 1. The van der Waals surface area contributed by atoms with Gasteiger partial charge in [0.1, 0.15) is 0 Å². The van der Waals surface area contributed by atoms with Gasteiger partial charge in [-0.05, 0) is 43.5 Å². The Morgan fingerprint density at radius 3 is 2.44 bits per heavy atom. The number of nitrogens with zero attached hydrogens (tertiary/aromatic N) is 2. The van der Waals surface area contributed by atoms with Gasteiger partial charge < -0.3 is 5.73 Å². The molecule has 0 aliphatic rings. The highest BCUT2D eigenvalue weighted by molar-refractivity contribution is 5.38. The van der Waals surface area contributed by atoms with Crippen LogP contribution in [0.3, 0.4) is 0 Å². The molecule has 2 N–H and O–H groups in total. The molecule has 0 unspecified atom stereocenters. The van der Waals surface area contributed by atoms with Crippen molar-refractivity contribution in [3.8, 4) is 5.69 Å². The van der Waals surface area contributed by atoms with Crippen LogP contribution in [0.1, 0.15) is 36.6 Å². The summed E-state index contributed by atoms with van der Waals surface area (Å²) in [4.78, 5) is 0. The van der Waals surface area contributed by atoms with E-state index >= 15 is 0 Å². The van der Waals surface area contributed by atoms with Crippen LogP contribution < -0.4 is 5.73 Å². The molecule has 1 heterocycles. The maximum atomic E-state index is 5.66. The van der Waals surface area contributed by atoms with Gasteiger partial charge in [0.15, 0.2) is 0 Å². The smallest absolute Gasteiger partial charge is 0.0649 e. The fourth-order valence-electron chi connectivity index (χ4n) is 2.25. The summed E-state index contributed by atoms with van der Waals surface area (Å²) in [5.74, 6) is 0.440. The number of nitrogens with two attached hydrogens (primary N) is 1. The lowest BCUT2D eigenvalue weighted by molar-refractivity contribution is 0.724. The van der Waals surface area contributed by atoms with Crippen LogP contribution in [0, 0.1) is 6.92 Å². The van der Waals surface area contributed by atoms with E-state index in [-0.39, 0.29) is 0 Å². The molecule has 0 aliphatic carbocycles. The molecule has 2 aromatic rings. The molecule has 96 valence electrons. The van der Waals surface area contributed by atoms with Crippen molar-refractivity contribution in [1.29, 1.82) is 0 Å². The molecule has 0 bridgehead atoms. The van der Waals surface area contributed by atoms with E-state index in [0.717, 1.165) is 12.1 Å². The largest absolute Gasteiger partial charge is 0.330 e. The van der Waals surface area contributed by atoms with Crippen LogP contribution in [0.5, 0.6) is 0 Å². The third kappa shape index (κ3) is 2.46. The Balaban J connectivity index is 2.47. The number of rotatable bonds is 4. The van der Waals surface area contributed by atoms with Crippen LogP contribution in [-0.4, -0.2) is 16.3 Å². The van der Waals surface area contributed by atoms with Crippen LogP contribution in [-0.2, 0) is 6.42 Å². The topological polar surface area (TPSA) is 43.8 Å². The normalized spacial score (nSPS) is 11.2. The lowest BCUT2D eigenvalue weighted by Gasteiger charge is -2.12. The second-order valence-electron chi connectivity index (χ2n) is 5.00. The van der Waals surface area contributed by atoms with Gasteiger partial charge in [-0.15, -0.1) is 0 Å². The van der Waals surface area contributed by atoms with Crippen molar-refractivity contribution < 1.29 is 0 Å². The number of aryl methyl sites for hydroxylation is 1. The first kappa shape index (κ1) is 12.8. The average Bonchev–Trinajstić information content (AvgIpc) is 2.74. The van der Waals surface area contributed by atoms with E-state index in [0.29, 0.717) is 12.5 Å². The van der Waals surface area contributed by atoms with Crippen molar-refractivity contribution in [3.63, 3.8) is 0 Å². The molecule has 0 saturated carbocycles. The predicted octanol–water partition coefficient (Wildman–Crippen LogP) is 2.81. The first-order valence-electron chi connectivity index (χ1n) is 6.47. The molecule has 1 aromatic heterocycles. The van der Waals surface area contributed by atoms with E-state index in [1.807, 2.05) is 10.9 Å². The van der Waals surface area contributed by atoms with Gasteiger partial charge in [-0.25, -0.2) is 4.68 Å². The summed E-state index contributed by atoms with van der Waals surface area (Å²) >= 11 is 0. The highest BCUT2D eigenvalue weighted by Crippen LogP contribution is 2.23. The van der Waals surface area contributed by atoms with E-state index in [2.05, 4.69) is 50.1 Å². The zero-order valence-electron chi connectivity index (χ0n) is 11.4. The highest BCUT2D eigenvalue weighted by atomic mass is 15.3.